The van der Waals surface area contributed by atoms with Crippen molar-refractivity contribution in [3.8, 4) is 0 Å². The van der Waals surface area contributed by atoms with E-state index < -0.39 is 0 Å². The maximum Gasteiger partial charge on any atom is 0.141 e. The van der Waals surface area contributed by atoms with Gasteiger partial charge in [0, 0.05) is 12.8 Å². The fraction of sp³-hybridized carbons (Fsp3) is 0.133. The Labute approximate surface area is 137 Å². The molecule has 0 amide bonds. The molecule has 2 aromatic rings. The average Bonchev–Trinajstić information content (AvgIpc) is 2.39. The molecule has 104 valence electrons. The van der Waals surface area contributed by atoms with E-state index >= 15 is 0 Å². The Morgan fingerprint density at radius 1 is 0.850 bits per heavy atom. The van der Waals surface area contributed by atoms with Crippen molar-refractivity contribution in [1.29, 1.82) is 0 Å². The Bertz CT molecular complexity index is 652. The van der Waals surface area contributed by atoms with E-state index in [1.165, 1.54) is 0 Å². The van der Waals surface area contributed by atoms with Crippen molar-refractivity contribution in [2.45, 2.75) is 12.8 Å². The van der Waals surface area contributed by atoms with Gasteiger partial charge in [-0.2, -0.15) is 0 Å². The van der Waals surface area contributed by atoms with Crippen LogP contribution in [0.3, 0.4) is 0 Å². The second-order valence-corrected chi connectivity index (χ2v) is 5.95. The SMILES string of the molecule is O=C(Cc1ccc(Cl)c(Cl)c1)Cc1cccc(Cl)c1Cl. The fourth-order valence-corrected chi connectivity index (χ4v) is 2.54. The first-order valence-corrected chi connectivity index (χ1v) is 7.37. The van der Waals surface area contributed by atoms with E-state index in [2.05, 4.69) is 0 Å². The van der Waals surface area contributed by atoms with Crippen molar-refractivity contribution in [3.63, 3.8) is 0 Å². The van der Waals surface area contributed by atoms with Crippen LogP contribution in [0, 0.1) is 0 Å². The Balaban J connectivity index is 2.09. The zero-order chi connectivity index (χ0) is 14.7. The molecule has 0 fully saturated rings. The van der Waals surface area contributed by atoms with Crippen molar-refractivity contribution in [2.75, 3.05) is 0 Å². The van der Waals surface area contributed by atoms with Gasteiger partial charge >= 0.3 is 0 Å². The van der Waals surface area contributed by atoms with Crippen molar-refractivity contribution in [1.82, 2.24) is 0 Å². The van der Waals surface area contributed by atoms with Gasteiger partial charge in [-0.3, -0.25) is 4.79 Å². The van der Waals surface area contributed by atoms with Gasteiger partial charge in [0.1, 0.15) is 5.78 Å². The molecule has 5 heteroatoms. The van der Waals surface area contributed by atoms with Crippen molar-refractivity contribution in [3.05, 3.63) is 67.6 Å². The molecule has 1 nitrogen and oxygen atoms in total. The summed E-state index contributed by atoms with van der Waals surface area (Å²) >= 11 is 23.7. The minimum absolute atomic E-state index is 0.0348. The summed E-state index contributed by atoms with van der Waals surface area (Å²) in [5.41, 5.74) is 1.55. The molecule has 0 saturated carbocycles. The molecule has 0 aliphatic carbocycles. The maximum absolute atomic E-state index is 12.1. The van der Waals surface area contributed by atoms with Crippen LogP contribution < -0.4 is 0 Å². The predicted molar refractivity (Wildman–Crippen MR) is 85.3 cm³/mol. The number of ketones is 1. The van der Waals surface area contributed by atoms with Crippen LogP contribution in [-0.4, -0.2) is 5.78 Å². The van der Waals surface area contributed by atoms with Crippen LogP contribution in [-0.2, 0) is 17.6 Å². The van der Waals surface area contributed by atoms with E-state index in [4.69, 9.17) is 46.4 Å². The van der Waals surface area contributed by atoms with Crippen LogP contribution in [0.2, 0.25) is 20.1 Å². The third-order valence-electron chi connectivity index (χ3n) is 2.80. The van der Waals surface area contributed by atoms with Gasteiger partial charge in [0.15, 0.2) is 0 Å². The van der Waals surface area contributed by atoms with Gasteiger partial charge in [0.2, 0.25) is 0 Å². The summed E-state index contributed by atoms with van der Waals surface area (Å²) in [7, 11) is 0. The van der Waals surface area contributed by atoms with E-state index in [9.17, 15) is 4.79 Å². The molecule has 2 rings (SSSR count). The largest absolute Gasteiger partial charge is 0.299 e. The predicted octanol–water partition coefficient (Wildman–Crippen LogP) is 5.65. The second kappa shape index (κ2) is 6.82. The van der Waals surface area contributed by atoms with Crippen LogP contribution in [0.1, 0.15) is 11.1 Å². The van der Waals surface area contributed by atoms with Crippen LogP contribution in [0.4, 0.5) is 0 Å². The minimum Gasteiger partial charge on any atom is -0.299 e. The highest BCUT2D eigenvalue weighted by Gasteiger charge is 2.11. The second-order valence-electron chi connectivity index (χ2n) is 4.35. The molecular formula is C15H10Cl4O. The summed E-state index contributed by atoms with van der Waals surface area (Å²) in [4.78, 5) is 12.1. The highest BCUT2D eigenvalue weighted by atomic mass is 35.5. The highest BCUT2D eigenvalue weighted by Crippen LogP contribution is 2.27. The van der Waals surface area contributed by atoms with Gasteiger partial charge in [-0.05, 0) is 29.3 Å². The molecule has 0 spiro atoms. The third-order valence-corrected chi connectivity index (χ3v) is 4.40. The lowest BCUT2D eigenvalue weighted by molar-refractivity contribution is -0.117. The number of halogens is 4. The Morgan fingerprint density at radius 3 is 2.30 bits per heavy atom. The molecule has 0 aliphatic heterocycles. The highest BCUT2D eigenvalue weighted by molar-refractivity contribution is 6.42. The zero-order valence-electron chi connectivity index (χ0n) is 10.3. The molecule has 20 heavy (non-hydrogen) atoms. The Hall–Kier alpha value is -0.730. The first kappa shape index (κ1) is 15.7. The molecule has 0 unspecified atom stereocenters. The van der Waals surface area contributed by atoms with E-state index in [0.29, 0.717) is 20.1 Å². The van der Waals surface area contributed by atoms with E-state index in [1.807, 2.05) is 0 Å². The van der Waals surface area contributed by atoms with Crippen LogP contribution >= 0.6 is 46.4 Å². The standard InChI is InChI=1S/C15H10Cl4O/c16-12-5-4-9(7-14(12)18)6-11(20)8-10-2-1-3-13(17)15(10)19/h1-5,7H,6,8H2. The van der Waals surface area contributed by atoms with Gasteiger partial charge < -0.3 is 0 Å². The fourth-order valence-electron chi connectivity index (χ4n) is 1.84. The summed E-state index contributed by atoms with van der Waals surface area (Å²) < 4.78 is 0. The van der Waals surface area contributed by atoms with Gasteiger partial charge in [0.05, 0.1) is 20.1 Å². The minimum atomic E-state index is 0.0348. The molecule has 0 N–H and O–H groups in total. The molecular weight excluding hydrogens is 338 g/mol. The number of carbonyl (C=O) groups excluding carboxylic acids is 1. The lowest BCUT2D eigenvalue weighted by Gasteiger charge is -2.06. The Morgan fingerprint density at radius 2 is 1.60 bits per heavy atom. The normalized spacial score (nSPS) is 10.6. The van der Waals surface area contributed by atoms with Gasteiger partial charge in [-0.25, -0.2) is 0 Å². The van der Waals surface area contributed by atoms with Crippen molar-refractivity contribution < 1.29 is 4.79 Å². The Kier molecular flexibility index (Phi) is 5.34. The van der Waals surface area contributed by atoms with Crippen molar-refractivity contribution >= 4 is 52.2 Å². The van der Waals surface area contributed by atoms with Crippen LogP contribution in [0.25, 0.3) is 0 Å². The summed E-state index contributed by atoms with van der Waals surface area (Å²) in [6, 6.07) is 10.4. The summed E-state index contributed by atoms with van der Waals surface area (Å²) in [6.45, 7) is 0. The number of carbonyl (C=O) groups is 1. The number of rotatable bonds is 4. The molecule has 0 atom stereocenters. The monoisotopic (exact) mass is 346 g/mol. The molecule has 2 aromatic carbocycles. The summed E-state index contributed by atoms with van der Waals surface area (Å²) in [5, 5.41) is 1.79. The molecule has 0 aliphatic rings. The number of hydrogen-bond acceptors (Lipinski definition) is 1. The van der Waals surface area contributed by atoms with Gasteiger partial charge in [0.25, 0.3) is 0 Å². The third kappa shape index (κ3) is 3.89. The lowest BCUT2D eigenvalue weighted by atomic mass is 10.0. The number of Topliss-reactive ketones (excluding diaryl/α,β-unsaturated/α-hetero) is 1. The van der Waals surface area contributed by atoms with E-state index in [1.54, 1.807) is 36.4 Å². The zero-order valence-corrected chi connectivity index (χ0v) is 13.3. The molecule has 0 heterocycles. The van der Waals surface area contributed by atoms with Gasteiger partial charge in [-0.1, -0.05) is 64.6 Å². The maximum atomic E-state index is 12.1. The first-order chi connectivity index (χ1) is 9.47. The summed E-state index contributed by atoms with van der Waals surface area (Å²) in [6.07, 6.45) is 0.513. The number of hydrogen-bond donors (Lipinski definition) is 0. The summed E-state index contributed by atoms with van der Waals surface area (Å²) in [5.74, 6) is 0.0348. The van der Waals surface area contributed by atoms with Crippen LogP contribution in [0.5, 0.6) is 0 Å². The smallest absolute Gasteiger partial charge is 0.141 e. The average molecular weight is 348 g/mol. The van der Waals surface area contributed by atoms with Crippen molar-refractivity contribution in [2.24, 2.45) is 0 Å². The first-order valence-electron chi connectivity index (χ1n) is 5.86. The topological polar surface area (TPSA) is 17.1 Å². The van der Waals surface area contributed by atoms with E-state index in [0.717, 1.165) is 11.1 Å². The number of benzene rings is 2. The quantitative estimate of drug-likeness (QED) is 0.697. The lowest BCUT2D eigenvalue weighted by Crippen LogP contribution is -2.07. The van der Waals surface area contributed by atoms with E-state index in [-0.39, 0.29) is 18.6 Å². The van der Waals surface area contributed by atoms with Gasteiger partial charge in [-0.15, -0.1) is 0 Å². The molecule has 0 saturated heterocycles. The molecule has 0 radical (unpaired) electrons. The molecule has 0 bridgehead atoms. The van der Waals surface area contributed by atoms with Crippen LogP contribution in [0.15, 0.2) is 36.4 Å². The molecule has 0 aromatic heterocycles.